The number of carbonyl (C=O) groups excluding carboxylic acids is 1. The number of amides is 1. The maximum atomic E-state index is 11.7. The van der Waals surface area contributed by atoms with Crippen LogP contribution < -0.4 is 5.32 Å². The molecule has 114 valence electrons. The van der Waals surface area contributed by atoms with Gasteiger partial charge in [0.05, 0.1) is 25.5 Å². The SMILES string of the molecule is CCOC(=O)NC(=Nc1ccc(C)cc1)N1CCOCC1. The molecule has 0 spiro atoms. The van der Waals surface area contributed by atoms with Gasteiger partial charge in [-0.3, -0.25) is 5.32 Å². The normalized spacial score (nSPS) is 15.7. The third-order valence-corrected chi connectivity index (χ3v) is 3.07. The molecule has 6 heteroatoms. The fourth-order valence-corrected chi connectivity index (χ4v) is 1.95. The molecule has 0 atom stereocenters. The summed E-state index contributed by atoms with van der Waals surface area (Å²) in [4.78, 5) is 18.2. The van der Waals surface area contributed by atoms with Crippen LogP contribution in [-0.2, 0) is 9.47 Å². The summed E-state index contributed by atoms with van der Waals surface area (Å²) in [5, 5.41) is 2.71. The lowest BCUT2D eigenvalue weighted by Crippen LogP contribution is -2.49. The molecule has 1 saturated heterocycles. The summed E-state index contributed by atoms with van der Waals surface area (Å²) in [6, 6.07) is 7.81. The van der Waals surface area contributed by atoms with Gasteiger partial charge in [0.1, 0.15) is 0 Å². The van der Waals surface area contributed by atoms with Crippen LogP contribution in [0.3, 0.4) is 0 Å². The van der Waals surface area contributed by atoms with Crippen molar-refractivity contribution in [1.82, 2.24) is 10.2 Å². The van der Waals surface area contributed by atoms with Crippen molar-refractivity contribution in [3.05, 3.63) is 29.8 Å². The molecule has 2 rings (SSSR count). The van der Waals surface area contributed by atoms with Crippen molar-refractivity contribution in [2.75, 3.05) is 32.9 Å². The zero-order valence-electron chi connectivity index (χ0n) is 12.5. The van der Waals surface area contributed by atoms with Crippen LogP contribution in [0.4, 0.5) is 10.5 Å². The summed E-state index contributed by atoms with van der Waals surface area (Å²) < 4.78 is 10.3. The number of carbonyl (C=O) groups is 1. The summed E-state index contributed by atoms with van der Waals surface area (Å²) in [6.07, 6.45) is -0.491. The van der Waals surface area contributed by atoms with E-state index in [0.717, 1.165) is 5.69 Å². The van der Waals surface area contributed by atoms with Crippen molar-refractivity contribution < 1.29 is 14.3 Å². The number of hydrogen-bond donors (Lipinski definition) is 1. The Morgan fingerprint density at radius 2 is 2.00 bits per heavy atom. The van der Waals surface area contributed by atoms with Crippen LogP contribution in [-0.4, -0.2) is 49.9 Å². The Hall–Kier alpha value is -2.08. The van der Waals surface area contributed by atoms with Crippen molar-refractivity contribution >= 4 is 17.7 Å². The van der Waals surface area contributed by atoms with Gasteiger partial charge in [-0.05, 0) is 26.0 Å². The van der Waals surface area contributed by atoms with E-state index in [0.29, 0.717) is 38.9 Å². The lowest BCUT2D eigenvalue weighted by molar-refractivity contribution is 0.0661. The fourth-order valence-electron chi connectivity index (χ4n) is 1.95. The molecule has 1 aliphatic rings. The molecule has 1 fully saturated rings. The lowest BCUT2D eigenvalue weighted by Gasteiger charge is -2.29. The summed E-state index contributed by atoms with van der Waals surface area (Å²) >= 11 is 0. The predicted octanol–water partition coefficient (Wildman–Crippen LogP) is 2.06. The van der Waals surface area contributed by atoms with Gasteiger partial charge in [-0.15, -0.1) is 0 Å². The molecular formula is C15H21N3O3. The number of aryl methyl sites for hydroxylation is 1. The Bertz CT molecular complexity index is 493. The van der Waals surface area contributed by atoms with Crippen LogP contribution >= 0.6 is 0 Å². The second kappa shape index (κ2) is 7.64. The van der Waals surface area contributed by atoms with Crippen LogP contribution in [0.15, 0.2) is 29.3 Å². The molecule has 21 heavy (non-hydrogen) atoms. The third kappa shape index (κ3) is 4.75. The van der Waals surface area contributed by atoms with Crippen molar-refractivity contribution in [2.24, 2.45) is 4.99 Å². The first-order chi connectivity index (χ1) is 10.2. The number of ether oxygens (including phenoxy) is 2. The quantitative estimate of drug-likeness (QED) is 0.669. The summed E-state index contributed by atoms with van der Waals surface area (Å²) in [6.45, 7) is 6.74. The number of nitrogens with zero attached hydrogens (tertiary/aromatic N) is 2. The summed E-state index contributed by atoms with van der Waals surface area (Å²) in [5.74, 6) is 0.501. The Labute approximate surface area is 124 Å². The van der Waals surface area contributed by atoms with Gasteiger partial charge < -0.3 is 14.4 Å². The highest BCUT2D eigenvalue weighted by atomic mass is 16.5. The lowest BCUT2D eigenvalue weighted by atomic mass is 10.2. The van der Waals surface area contributed by atoms with Gasteiger partial charge in [0.2, 0.25) is 5.96 Å². The number of benzene rings is 1. The molecule has 1 aromatic carbocycles. The van der Waals surface area contributed by atoms with E-state index in [2.05, 4.69) is 10.3 Å². The molecule has 0 radical (unpaired) electrons. The van der Waals surface area contributed by atoms with E-state index in [4.69, 9.17) is 9.47 Å². The van der Waals surface area contributed by atoms with E-state index in [1.54, 1.807) is 6.92 Å². The number of guanidine groups is 1. The van der Waals surface area contributed by atoms with Gasteiger partial charge in [0.25, 0.3) is 0 Å². The van der Waals surface area contributed by atoms with Gasteiger partial charge in [-0.1, -0.05) is 17.7 Å². The molecule has 1 heterocycles. The minimum atomic E-state index is -0.491. The largest absolute Gasteiger partial charge is 0.450 e. The Kier molecular flexibility index (Phi) is 5.57. The molecule has 0 bridgehead atoms. The molecule has 0 saturated carbocycles. The standard InChI is InChI=1S/C15H21N3O3/c1-3-21-15(19)17-14(18-8-10-20-11-9-18)16-13-6-4-12(2)5-7-13/h4-7H,3,8-11H2,1-2H3,(H,16,17,19). The molecule has 0 aromatic heterocycles. The highest BCUT2D eigenvalue weighted by molar-refractivity contribution is 5.95. The zero-order valence-corrected chi connectivity index (χ0v) is 12.5. The van der Waals surface area contributed by atoms with Crippen LogP contribution in [0.25, 0.3) is 0 Å². The third-order valence-electron chi connectivity index (χ3n) is 3.07. The second-order valence-corrected chi connectivity index (χ2v) is 4.72. The second-order valence-electron chi connectivity index (χ2n) is 4.72. The maximum Gasteiger partial charge on any atom is 0.413 e. The van der Waals surface area contributed by atoms with E-state index in [1.807, 2.05) is 36.1 Å². The number of hydrogen-bond acceptors (Lipinski definition) is 4. The van der Waals surface area contributed by atoms with E-state index >= 15 is 0 Å². The Morgan fingerprint density at radius 1 is 1.33 bits per heavy atom. The smallest absolute Gasteiger partial charge is 0.413 e. The van der Waals surface area contributed by atoms with Crippen LogP contribution in [0, 0.1) is 6.92 Å². The van der Waals surface area contributed by atoms with E-state index in [-0.39, 0.29) is 0 Å². The molecule has 0 unspecified atom stereocenters. The number of nitrogens with one attached hydrogen (secondary N) is 1. The number of aliphatic imine (C=N–C) groups is 1. The molecule has 1 aliphatic heterocycles. The van der Waals surface area contributed by atoms with Crippen LogP contribution in [0.2, 0.25) is 0 Å². The molecule has 6 nitrogen and oxygen atoms in total. The first kappa shape index (κ1) is 15.3. The molecule has 1 amide bonds. The van der Waals surface area contributed by atoms with Gasteiger partial charge in [-0.25, -0.2) is 9.79 Å². The average molecular weight is 291 g/mol. The number of alkyl carbamates (subject to hydrolysis) is 1. The Morgan fingerprint density at radius 3 is 2.62 bits per heavy atom. The summed E-state index contributed by atoms with van der Waals surface area (Å²) in [5.41, 5.74) is 1.96. The molecule has 0 aliphatic carbocycles. The van der Waals surface area contributed by atoms with E-state index in [9.17, 15) is 4.79 Å². The van der Waals surface area contributed by atoms with Gasteiger partial charge >= 0.3 is 6.09 Å². The van der Waals surface area contributed by atoms with Crippen molar-refractivity contribution in [3.63, 3.8) is 0 Å². The van der Waals surface area contributed by atoms with Crippen LogP contribution in [0.1, 0.15) is 12.5 Å². The highest BCUT2D eigenvalue weighted by Crippen LogP contribution is 2.13. The molecular weight excluding hydrogens is 270 g/mol. The fraction of sp³-hybridized carbons (Fsp3) is 0.467. The predicted molar refractivity (Wildman–Crippen MR) is 80.8 cm³/mol. The maximum absolute atomic E-state index is 11.7. The monoisotopic (exact) mass is 291 g/mol. The zero-order chi connectivity index (χ0) is 15.1. The molecule has 1 aromatic rings. The van der Waals surface area contributed by atoms with E-state index < -0.39 is 6.09 Å². The summed E-state index contributed by atoms with van der Waals surface area (Å²) in [7, 11) is 0. The van der Waals surface area contributed by atoms with Crippen molar-refractivity contribution in [2.45, 2.75) is 13.8 Å². The first-order valence-corrected chi connectivity index (χ1v) is 7.11. The highest BCUT2D eigenvalue weighted by Gasteiger charge is 2.18. The van der Waals surface area contributed by atoms with Gasteiger partial charge in [-0.2, -0.15) is 0 Å². The van der Waals surface area contributed by atoms with Gasteiger partial charge in [0.15, 0.2) is 0 Å². The van der Waals surface area contributed by atoms with Crippen LogP contribution in [0.5, 0.6) is 0 Å². The topological polar surface area (TPSA) is 63.2 Å². The van der Waals surface area contributed by atoms with Crippen molar-refractivity contribution in [3.8, 4) is 0 Å². The average Bonchev–Trinajstić information content (AvgIpc) is 2.50. The first-order valence-electron chi connectivity index (χ1n) is 7.11. The minimum Gasteiger partial charge on any atom is -0.450 e. The Balaban J connectivity index is 2.16. The number of rotatable bonds is 2. The molecule has 1 N–H and O–H groups in total. The van der Waals surface area contributed by atoms with E-state index in [1.165, 1.54) is 5.56 Å². The van der Waals surface area contributed by atoms with Crippen molar-refractivity contribution in [1.29, 1.82) is 0 Å². The minimum absolute atomic E-state index is 0.326. The van der Waals surface area contributed by atoms with Gasteiger partial charge in [0, 0.05) is 13.1 Å². The number of morpholine rings is 1.